The van der Waals surface area contributed by atoms with E-state index in [1.807, 2.05) is 0 Å². The van der Waals surface area contributed by atoms with E-state index in [2.05, 4.69) is 25.5 Å². The van der Waals surface area contributed by atoms with Crippen LogP contribution in [0, 0.1) is 0 Å². The zero-order valence-corrected chi connectivity index (χ0v) is 7.49. The molecular formula is C7H6N4OS. The van der Waals surface area contributed by atoms with Crippen LogP contribution in [0.5, 0.6) is 0 Å². The fourth-order valence-corrected chi connectivity index (χ4v) is 1.24. The lowest BCUT2D eigenvalue weighted by atomic mass is 10.4. The molecule has 2 heterocycles. The molecule has 6 heteroatoms. The number of nitrogens with zero attached hydrogens (tertiary/aromatic N) is 4. The Kier molecular flexibility index (Phi) is 2.13. The van der Waals surface area contributed by atoms with Crippen LogP contribution in [0.15, 0.2) is 23.4 Å². The highest BCUT2D eigenvalue weighted by atomic mass is 32.1. The summed E-state index contributed by atoms with van der Waals surface area (Å²) < 4.78 is 12.8. The van der Waals surface area contributed by atoms with Crippen molar-refractivity contribution in [1.82, 2.24) is 18.9 Å². The summed E-state index contributed by atoms with van der Waals surface area (Å²) in [4.78, 5) is 4.10. The van der Waals surface area contributed by atoms with Gasteiger partial charge in [-0.1, -0.05) is 11.2 Å². The second-order valence-corrected chi connectivity index (χ2v) is 2.86. The van der Waals surface area contributed by atoms with Gasteiger partial charge < -0.3 is 4.52 Å². The largest absolute Gasteiger partial charge is 0.332 e. The minimum absolute atomic E-state index is 0.408. The van der Waals surface area contributed by atoms with Crippen molar-refractivity contribution in [1.29, 1.82) is 0 Å². The number of rotatable bonds is 3. The summed E-state index contributed by atoms with van der Waals surface area (Å²) in [5.74, 6) is 1.02. The number of aromatic nitrogens is 4. The molecule has 0 spiro atoms. The lowest BCUT2D eigenvalue weighted by Crippen LogP contribution is -1.83. The van der Waals surface area contributed by atoms with E-state index in [1.165, 1.54) is 0 Å². The molecular weight excluding hydrogens is 188 g/mol. The molecule has 2 aromatic rings. The highest BCUT2D eigenvalue weighted by Gasteiger charge is 2.09. The topological polar surface area (TPSA) is 64.7 Å². The fraction of sp³-hybridized carbons (Fsp3) is 0.143. The first-order chi connectivity index (χ1) is 6.40. The van der Waals surface area contributed by atoms with Crippen molar-refractivity contribution in [2.75, 3.05) is 0 Å². The van der Waals surface area contributed by atoms with Gasteiger partial charge in [0.15, 0.2) is 11.5 Å². The smallest absolute Gasteiger partial charge is 0.279 e. The molecule has 0 fully saturated rings. The van der Waals surface area contributed by atoms with E-state index in [0.717, 1.165) is 11.7 Å². The quantitative estimate of drug-likeness (QED) is 0.689. The third-order valence-electron chi connectivity index (χ3n) is 1.38. The SMILES string of the molecule is C=CCc1noc(-c2cnsn2)n1. The molecule has 2 rings (SSSR count). The third-order valence-corrected chi connectivity index (χ3v) is 1.85. The van der Waals surface area contributed by atoms with Crippen molar-refractivity contribution in [3.8, 4) is 11.6 Å². The Labute approximate surface area is 78.4 Å². The summed E-state index contributed by atoms with van der Waals surface area (Å²) in [5, 5.41) is 3.74. The van der Waals surface area contributed by atoms with E-state index in [1.54, 1.807) is 12.3 Å². The molecule has 0 saturated carbocycles. The van der Waals surface area contributed by atoms with Crippen LogP contribution in [-0.4, -0.2) is 18.9 Å². The molecule has 0 bridgehead atoms. The van der Waals surface area contributed by atoms with Gasteiger partial charge in [0.25, 0.3) is 5.89 Å². The molecule has 0 aliphatic heterocycles. The third kappa shape index (κ3) is 1.62. The Hall–Kier alpha value is -1.56. The maximum atomic E-state index is 4.96. The van der Waals surface area contributed by atoms with Crippen molar-refractivity contribution < 1.29 is 4.52 Å². The van der Waals surface area contributed by atoms with E-state index < -0.39 is 0 Å². The normalized spacial score (nSPS) is 10.2. The lowest BCUT2D eigenvalue weighted by molar-refractivity contribution is 0.423. The second-order valence-electron chi connectivity index (χ2n) is 2.30. The fourth-order valence-electron chi connectivity index (χ4n) is 0.829. The van der Waals surface area contributed by atoms with E-state index in [-0.39, 0.29) is 0 Å². The first-order valence-electron chi connectivity index (χ1n) is 3.61. The van der Waals surface area contributed by atoms with Crippen LogP contribution in [0.2, 0.25) is 0 Å². The molecule has 0 saturated heterocycles. The highest BCUT2D eigenvalue weighted by Crippen LogP contribution is 2.13. The molecule has 66 valence electrons. The van der Waals surface area contributed by atoms with Crippen LogP contribution in [-0.2, 0) is 6.42 Å². The molecule has 0 N–H and O–H groups in total. The van der Waals surface area contributed by atoms with Crippen molar-refractivity contribution in [2.45, 2.75) is 6.42 Å². The van der Waals surface area contributed by atoms with Crippen LogP contribution >= 0.6 is 11.7 Å². The summed E-state index contributed by atoms with van der Waals surface area (Å²) >= 11 is 1.11. The van der Waals surface area contributed by atoms with Crippen LogP contribution in [0.1, 0.15) is 5.82 Å². The summed E-state index contributed by atoms with van der Waals surface area (Å²) in [6, 6.07) is 0. The van der Waals surface area contributed by atoms with Gasteiger partial charge in [-0.3, -0.25) is 0 Å². The predicted octanol–water partition coefficient (Wildman–Crippen LogP) is 1.32. The van der Waals surface area contributed by atoms with Crippen LogP contribution in [0.3, 0.4) is 0 Å². The molecule has 0 radical (unpaired) electrons. The van der Waals surface area contributed by atoms with Crippen molar-refractivity contribution in [2.24, 2.45) is 0 Å². The van der Waals surface area contributed by atoms with Gasteiger partial charge in [0.05, 0.1) is 17.9 Å². The van der Waals surface area contributed by atoms with Gasteiger partial charge in [-0.05, 0) is 0 Å². The lowest BCUT2D eigenvalue weighted by Gasteiger charge is -1.80. The summed E-state index contributed by atoms with van der Waals surface area (Å²) in [6.45, 7) is 3.58. The van der Waals surface area contributed by atoms with Gasteiger partial charge in [0, 0.05) is 6.42 Å². The average Bonchev–Trinajstić information content (AvgIpc) is 2.70. The molecule has 0 aromatic carbocycles. The Balaban J connectivity index is 2.28. The molecule has 13 heavy (non-hydrogen) atoms. The van der Waals surface area contributed by atoms with E-state index in [4.69, 9.17) is 4.52 Å². The van der Waals surface area contributed by atoms with Gasteiger partial charge in [0.1, 0.15) is 0 Å². The van der Waals surface area contributed by atoms with Gasteiger partial charge in [-0.25, -0.2) is 0 Å². The van der Waals surface area contributed by atoms with Gasteiger partial charge >= 0.3 is 0 Å². The predicted molar refractivity (Wildman–Crippen MR) is 47.1 cm³/mol. The second kappa shape index (κ2) is 3.44. The summed E-state index contributed by atoms with van der Waals surface area (Å²) in [6.07, 6.45) is 3.91. The van der Waals surface area contributed by atoms with E-state index >= 15 is 0 Å². The minimum Gasteiger partial charge on any atom is -0.332 e. The Morgan fingerprint density at radius 2 is 2.54 bits per heavy atom. The molecule has 0 atom stereocenters. The Morgan fingerprint density at radius 1 is 1.62 bits per heavy atom. The maximum Gasteiger partial charge on any atom is 0.279 e. The van der Waals surface area contributed by atoms with Gasteiger partial charge in [0.2, 0.25) is 0 Å². The Morgan fingerprint density at radius 3 is 3.23 bits per heavy atom. The van der Waals surface area contributed by atoms with Crippen LogP contribution in [0.4, 0.5) is 0 Å². The first-order valence-corrected chi connectivity index (χ1v) is 4.34. The first kappa shape index (κ1) is 8.06. The summed E-state index contributed by atoms with van der Waals surface area (Å²) in [5.41, 5.74) is 0.618. The van der Waals surface area contributed by atoms with Crippen LogP contribution < -0.4 is 0 Å². The summed E-state index contributed by atoms with van der Waals surface area (Å²) in [7, 11) is 0. The van der Waals surface area contributed by atoms with E-state index in [9.17, 15) is 0 Å². The van der Waals surface area contributed by atoms with Gasteiger partial charge in [-0.15, -0.1) is 6.58 Å². The zero-order valence-electron chi connectivity index (χ0n) is 6.67. The number of hydrogen-bond donors (Lipinski definition) is 0. The molecule has 2 aromatic heterocycles. The van der Waals surface area contributed by atoms with Gasteiger partial charge in [-0.2, -0.15) is 13.7 Å². The minimum atomic E-state index is 0.408. The zero-order chi connectivity index (χ0) is 9.10. The molecule has 0 unspecified atom stereocenters. The average molecular weight is 194 g/mol. The maximum absolute atomic E-state index is 4.96. The van der Waals surface area contributed by atoms with Crippen molar-refractivity contribution in [3.05, 3.63) is 24.7 Å². The van der Waals surface area contributed by atoms with Crippen molar-refractivity contribution >= 4 is 11.7 Å². The Bertz CT molecular complexity index is 394. The molecule has 0 aliphatic carbocycles. The van der Waals surface area contributed by atoms with E-state index in [0.29, 0.717) is 23.8 Å². The monoisotopic (exact) mass is 194 g/mol. The van der Waals surface area contributed by atoms with Crippen LogP contribution in [0.25, 0.3) is 11.6 Å². The van der Waals surface area contributed by atoms with Crippen molar-refractivity contribution in [3.63, 3.8) is 0 Å². The number of allylic oxidation sites excluding steroid dienone is 1. The standard InChI is InChI=1S/C7H6N4OS/c1-2-3-6-9-7(12-10-6)5-4-8-13-11-5/h2,4H,1,3H2. The molecule has 0 aliphatic rings. The highest BCUT2D eigenvalue weighted by molar-refractivity contribution is 6.99. The number of hydrogen-bond acceptors (Lipinski definition) is 6. The molecule has 0 amide bonds. The molecule has 5 nitrogen and oxygen atoms in total.